The summed E-state index contributed by atoms with van der Waals surface area (Å²) in [6.45, 7) is 0.0719. The van der Waals surface area contributed by atoms with E-state index in [1.165, 1.54) is 52.6 Å². The van der Waals surface area contributed by atoms with E-state index in [2.05, 4.69) is 15.6 Å². The number of para-hydroxylation sites is 1. The molecule has 42 heavy (non-hydrogen) atoms. The number of epoxide rings is 1. The monoisotopic (exact) mass is 584 g/mol. The van der Waals surface area contributed by atoms with Crippen molar-refractivity contribution in [2.45, 2.75) is 18.8 Å². The van der Waals surface area contributed by atoms with E-state index in [4.69, 9.17) is 4.74 Å². The number of rotatable bonds is 8. The molecule has 5 aromatic rings. The molecule has 1 aliphatic rings. The fraction of sp³-hybridized carbons (Fsp3) is 0.0968. The lowest BCUT2D eigenvalue weighted by atomic mass is 10.1. The number of nitrogens with zero attached hydrogens (tertiary/aromatic N) is 2. The molecule has 11 heteroatoms. The SMILES string of the molecule is O=C(Nc1nc2ccccc2s1)c1ccc(N(Cc2ccc(F)cc2)C(=O)[C@H]2O[C@@H]2C(=O)Nc2ccc(F)cc2)cc1. The molecule has 3 amide bonds. The number of aromatic nitrogens is 1. The van der Waals surface area contributed by atoms with Crippen LogP contribution < -0.4 is 15.5 Å². The maximum absolute atomic E-state index is 13.5. The van der Waals surface area contributed by atoms with Crippen molar-refractivity contribution in [3.05, 3.63) is 120 Å². The predicted molar refractivity (Wildman–Crippen MR) is 155 cm³/mol. The Morgan fingerprint density at radius 1 is 0.810 bits per heavy atom. The molecule has 8 nitrogen and oxygen atoms in total. The van der Waals surface area contributed by atoms with E-state index in [9.17, 15) is 23.2 Å². The summed E-state index contributed by atoms with van der Waals surface area (Å²) in [4.78, 5) is 44.9. The molecule has 210 valence electrons. The van der Waals surface area contributed by atoms with Gasteiger partial charge in [-0.25, -0.2) is 13.8 Å². The van der Waals surface area contributed by atoms with E-state index in [0.717, 1.165) is 10.2 Å². The molecule has 0 saturated carbocycles. The molecule has 0 bridgehead atoms. The smallest absolute Gasteiger partial charge is 0.259 e. The summed E-state index contributed by atoms with van der Waals surface area (Å²) in [7, 11) is 0. The number of carbonyl (C=O) groups is 3. The summed E-state index contributed by atoms with van der Waals surface area (Å²) in [5.41, 5.74) is 2.61. The standard InChI is InChI=1S/C31H22F2N4O4S/c32-20-9-5-18(6-10-20)17-37(30(40)27-26(41-27)29(39)34-22-13-11-21(33)12-14-22)23-15-7-19(8-16-23)28(38)36-31-35-24-3-1-2-4-25(24)42-31/h1-16,26-27H,17H2,(H,34,39)(H,35,36,38)/t26-,27-/m0/s1. The highest BCUT2D eigenvalue weighted by Gasteiger charge is 2.52. The minimum absolute atomic E-state index is 0.0719. The molecule has 2 N–H and O–H groups in total. The molecule has 2 heterocycles. The van der Waals surface area contributed by atoms with Crippen LogP contribution in [0.1, 0.15) is 15.9 Å². The molecule has 4 aromatic carbocycles. The number of fused-ring (bicyclic) bond motifs is 1. The van der Waals surface area contributed by atoms with E-state index < -0.39 is 35.7 Å². The van der Waals surface area contributed by atoms with Crippen molar-refractivity contribution in [3.8, 4) is 0 Å². The molecular formula is C31H22F2N4O4S. The van der Waals surface area contributed by atoms with Crippen molar-refractivity contribution < 1.29 is 27.9 Å². The summed E-state index contributed by atoms with van der Waals surface area (Å²) in [6, 6.07) is 24.9. The number of amides is 3. The molecule has 0 radical (unpaired) electrons. The molecule has 1 fully saturated rings. The number of carbonyl (C=O) groups excluding carboxylic acids is 3. The molecular weight excluding hydrogens is 562 g/mol. The van der Waals surface area contributed by atoms with Gasteiger partial charge in [-0.2, -0.15) is 0 Å². The van der Waals surface area contributed by atoms with Crippen molar-refractivity contribution in [2.24, 2.45) is 0 Å². The molecule has 0 spiro atoms. The second-order valence-electron chi connectivity index (χ2n) is 9.51. The van der Waals surface area contributed by atoms with Crippen molar-refractivity contribution in [2.75, 3.05) is 15.5 Å². The molecule has 1 saturated heterocycles. The van der Waals surface area contributed by atoms with Crippen LogP contribution >= 0.6 is 11.3 Å². The molecule has 0 unspecified atom stereocenters. The van der Waals surface area contributed by atoms with Gasteiger partial charge in [-0.05, 0) is 78.4 Å². The van der Waals surface area contributed by atoms with E-state index in [1.54, 1.807) is 36.4 Å². The molecule has 6 rings (SSSR count). The average Bonchev–Trinajstić information content (AvgIpc) is 3.70. The molecule has 1 aromatic heterocycles. The summed E-state index contributed by atoms with van der Waals surface area (Å²) in [6.07, 6.45) is -2.08. The summed E-state index contributed by atoms with van der Waals surface area (Å²) in [5, 5.41) is 5.87. The first-order valence-electron chi connectivity index (χ1n) is 12.9. The number of anilines is 3. The zero-order valence-electron chi connectivity index (χ0n) is 21.8. The average molecular weight is 585 g/mol. The van der Waals surface area contributed by atoms with Crippen LogP contribution in [0, 0.1) is 11.6 Å². The maximum atomic E-state index is 13.5. The van der Waals surface area contributed by atoms with Crippen LogP contribution in [0.4, 0.5) is 25.3 Å². The van der Waals surface area contributed by atoms with Gasteiger partial charge in [-0.15, -0.1) is 0 Å². The van der Waals surface area contributed by atoms with Gasteiger partial charge in [0.2, 0.25) is 0 Å². The fourth-order valence-corrected chi connectivity index (χ4v) is 5.22. The van der Waals surface area contributed by atoms with Gasteiger partial charge in [0.15, 0.2) is 17.3 Å². The number of nitrogens with one attached hydrogen (secondary N) is 2. The van der Waals surface area contributed by atoms with Crippen LogP contribution in [0.5, 0.6) is 0 Å². The molecule has 2 atom stereocenters. The number of ether oxygens (including phenoxy) is 1. The number of halogens is 2. The van der Waals surface area contributed by atoms with Gasteiger partial charge in [0, 0.05) is 16.9 Å². The van der Waals surface area contributed by atoms with Crippen molar-refractivity contribution in [1.82, 2.24) is 4.98 Å². The van der Waals surface area contributed by atoms with E-state index in [0.29, 0.717) is 27.6 Å². The number of thiazole rings is 1. The zero-order valence-corrected chi connectivity index (χ0v) is 22.6. The van der Waals surface area contributed by atoms with E-state index in [1.807, 2.05) is 24.3 Å². The lowest BCUT2D eigenvalue weighted by molar-refractivity contribution is -0.120. The number of hydrogen-bond acceptors (Lipinski definition) is 6. The van der Waals surface area contributed by atoms with Gasteiger partial charge in [-0.3, -0.25) is 19.7 Å². The van der Waals surface area contributed by atoms with Gasteiger partial charge in [0.05, 0.1) is 16.8 Å². The van der Waals surface area contributed by atoms with Crippen LogP contribution in [-0.4, -0.2) is 34.9 Å². The fourth-order valence-electron chi connectivity index (χ4n) is 4.36. The first-order valence-corrected chi connectivity index (χ1v) is 13.7. The number of hydrogen-bond donors (Lipinski definition) is 2. The third-order valence-electron chi connectivity index (χ3n) is 6.58. The van der Waals surface area contributed by atoms with Gasteiger partial charge >= 0.3 is 0 Å². The third-order valence-corrected chi connectivity index (χ3v) is 7.53. The lowest BCUT2D eigenvalue weighted by Gasteiger charge is -2.23. The summed E-state index contributed by atoms with van der Waals surface area (Å²) in [5.74, 6) is -2.24. The Morgan fingerprint density at radius 2 is 1.48 bits per heavy atom. The Bertz CT molecular complexity index is 1740. The lowest BCUT2D eigenvalue weighted by Crippen LogP contribution is -2.36. The highest BCUT2D eigenvalue weighted by molar-refractivity contribution is 7.22. The van der Waals surface area contributed by atoms with Crippen molar-refractivity contribution in [3.63, 3.8) is 0 Å². The Labute approximate surface area is 242 Å². The molecule has 1 aliphatic heterocycles. The Balaban J connectivity index is 1.18. The van der Waals surface area contributed by atoms with Crippen LogP contribution in [0.3, 0.4) is 0 Å². The highest BCUT2D eigenvalue weighted by atomic mass is 32.1. The highest BCUT2D eigenvalue weighted by Crippen LogP contribution is 2.30. The summed E-state index contributed by atoms with van der Waals surface area (Å²) < 4.78 is 33.1. The van der Waals surface area contributed by atoms with E-state index in [-0.39, 0.29) is 12.5 Å². The van der Waals surface area contributed by atoms with Crippen LogP contribution in [0.2, 0.25) is 0 Å². The second-order valence-corrected chi connectivity index (χ2v) is 10.5. The van der Waals surface area contributed by atoms with Crippen LogP contribution in [0.25, 0.3) is 10.2 Å². The maximum Gasteiger partial charge on any atom is 0.259 e. The molecule has 0 aliphatic carbocycles. The minimum Gasteiger partial charge on any atom is -0.349 e. The van der Waals surface area contributed by atoms with Gasteiger partial charge in [0.1, 0.15) is 11.6 Å². The Hall–Kier alpha value is -5.00. The zero-order chi connectivity index (χ0) is 29.2. The van der Waals surface area contributed by atoms with Gasteiger partial charge in [-0.1, -0.05) is 35.6 Å². The van der Waals surface area contributed by atoms with E-state index >= 15 is 0 Å². The van der Waals surface area contributed by atoms with Crippen LogP contribution in [-0.2, 0) is 20.9 Å². The van der Waals surface area contributed by atoms with Gasteiger partial charge < -0.3 is 15.0 Å². The van der Waals surface area contributed by atoms with Crippen molar-refractivity contribution >= 4 is 55.8 Å². The topological polar surface area (TPSA) is 104 Å². The Morgan fingerprint density at radius 3 is 2.17 bits per heavy atom. The number of benzene rings is 4. The van der Waals surface area contributed by atoms with Crippen LogP contribution in [0.15, 0.2) is 97.1 Å². The first kappa shape index (κ1) is 27.2. The van der Waals surface area contributed by atoms with Crippen molar-refractivity contribution in [1.29, 1.82) is 0 Å². The normalized spacial score (nSPS) is 15.7. The first-order chi connectivity index (χ1) is 20.3. The minimum atomic E-state index is -1.05. The predicted octanol–water partition coefficient (Wildman–Crippen LogP) is 5.77. The summed E-state index contributed by atoms with van der Waals surface area (Å²) >= 11 is 1.36. The quantitative estimate of drug-likeness (QED) is 0.226. The van der Waals surface area contributed by atoms with Gasteiger partial charge in [0.25, 0.3) is 17.7 Å². The largest absolute Gasteiger partial charge is 0.349 e. The third kappa shape index (κ3) is 6.02. The Kier molecular flexibility index (Phi) is 7.43. The second kappa shape index (κ2) is 11.5.